The Bertz CT molecular complexity index is 433. The van der Waals surface area contributed by atoms with Crippen LogP contribution in [0, 0.1) is 6.92 Å². The third-order valence-corrected chi connectivity index (χ3v) is 5.90. The first-order valence-corrected chi connectivity index (χ1v) is 8.58. The van der Waals surface area contributed by atoms with E-state index in [0.29, 0.717) is 6.04 Å². The van der Waals surface area contributed by atoms with E-state index in [2.05, 4.69) is 24.4 Å². The normalized spacial score (nSPS) is 26.4. The zero-order chi connectivity index (χ0) is 13.7. The maximum atomic E-state index is 12.9. The number of hydrogen-bond donors (Lipinski definition) is 1. The molecule has 2 rings (SSSR count). The van der Waals surface area contributed by atoms with Gasteiger partial charge in [0, 0.05) is 10.9 Å². The predicted molar refractivity (Wildman–Crippen MR) is 81.9 cm³/mol. The average Bonchev–Trinajstić information content (AvgIpc) is 2.38. The van der Waals surface area contributed by atoms with Crippen molar-refractivity contribution >= 4 is 10.8 Å². The van der Waals surface area contributed by atoms with Crippen molar-refractivity contribution in [2.24, 2.45) is 0 Å². The third kappa shape index (κ3) is 3.90. The molecule has 0 heterocycles. The molecule has 3 heteroatoms. The van der Waals surface area contributed by atoms with Crippen LogP contribution in [0.1, 0.15) is 44.1 Å². The summed E-state index contributed by atoms with van der Waals surface area (Å²) >= 11 is 0. The maximum absolute atomic E-state index is 12.9. The van der Waals surface area contributed by atoms with E-state index < -0.39 is 10.8 Å². The van der Waals surface area contributed by atoms with Crippen LogP contribution in [-0.4, -0.2) is 22.5 Å². The molecule has 1 aromatic rings. The van der Waals surface area contributed by atoms with Gasteiger partial charge in [-0.15, -0.1) is 0 Å². The molecule has 2 nitrogen and oxygen atoms in total. The number of aryl methyl sites for hydroxylation is 1. The van der Waals surface area contributed by atoms with Crippen LogP contribution in [-0.2, 0) is 10.8 Å². The van der Waals surface area contributed by atoms with E-state index in [0.717, 1.165) is 17.7 Å². The molecule has 0 amide bonds. The average molecular weight is 279 g/mol. The van der Waals surface area contributed by atoms with Crippen molar-refractivity contribution in [3.63, 3.8) is 0 Å². The summed E-state index contributed by atoms with van der Waals surface area (Å²) in [5, 5.41) is 3.65. The van der Waals surface area contributed by atoms with Crippen LogP contribution in [0.2, 0.25) is 0 Å². The van der Waals surface area contributed by atoms with Crippen LogP contribution in [0.5, 0.6) is 0 Å². The SMILES string of the molecule is CNC1CCCCCCC1S(=O)c1cccc(C)c1. The lowest BCUT2D eigenvalue weighted by atomic mass is 9.96. The largest absolute Gasteiger partial charge is 0.316 e. The highest BCUT2D eigenvalue weighted by atomic mass is 32.2. The number of rotatable bonds is 3. The molecule has 3 atom stereocenters. The first kappa shape index (κ1) is 14.7. The number of nitrogens with one attached hydrogen (secondary N) is 1. The summed E-state index contributed by atoms with van der Waals surface area (Å²) in [5.41, 5.74) is 1.19. The van der Waals surface area contributed by atoms with Gasteiger partial charge < -0.3 is 5.32 Å². The van der Waals surface area contributed by atoms with Gasteiger partial charge in [-0.3, -0.25) is 4.21 Å². The van der Waals surface area contributed by atoms with Crippen LogP contribution in [0.4, 0.5) is 0 Å². The van der Waals surface area contributed by atoms with Crippen LogP contribution < -0.4 is 5.32 Å². The summed E-state index contributed by atoms with van der Waals surface area (Å²) < 4.78 is 12.9. The summed E-state index contributed by atoms with van der Waals surface area (Å²) in [6.45, 7) is 2.06. The monoisotopic (exact) mass is 279 g/mol. The summed E-state index contributed by atoms with van der Waals surface area (Å²) in [5.74, 6) is 0. The van der Waals surface area contributed by atoms with Gasteiger partial charge in [0.2, 0.25) is 0 Å². The van der Waals surface area contributed by atoms with Crippen LogP contribution in [0.25, 0.3) is 0 Å². The molecule has 0 saturated heterocycles. The molecule has 0 bridgehead atoms. The molecule has 0 spiro atoms. The van der Waals surface area contributed by atoms with Gasteiger partial charge in [-0.25, -0.2) is 0 Å². The zero-order valence-electron chi connectivity index (χ0n) is 12.0. The quantitative estimate of drug-likeness (QED) is 0.918. The molecule has 1 saturated carbocycles. The van der Waals surface area contributed by atoms with Gasteiger partial charge in [0.1, 0.15) is 0 Å². The Balaban J connectivity index is 2.18. The van der Waals surface area contributed by atoms with Crippen LogP contribution >= 0.6 is 0 Å². The highest BCUT2D eigenvalue weighted by Crippen LogP contribution is 2.25. The zero-order valence-corrected chi connectivity index (χ0v) is 12.8. The Kier molecular flexibility index (Phi) is 5.59. The van der Waals surface area contributed by atoms with Crippen LogP contribution in [0.15, 0.2) is 29.2 Å². The predicted octanol–water partition coefficient (Wildman–Crippen LogP) is 3.41. The molecule has 106 valence electrons. The van der Waals surface area contributed by atoms with Crippen molar-refractivity contribution in [2.75, 3.05) is 7.05 Å². The molecule has 19 heavy (non-hydrogen) atoms. The minimum Gasteiger partial charge on any atom is -0.316 e. The lowest BCUT2D eigenvalue weighted by Gasteiger charge is -2.28. The Hall–Kier alpha value is -0.670. The van der Waals surface area contributed by atoms with E-state index in [1.165, 1.54) is 31.2 Å². The topological polar surface area (TPSA) is 29.1 Å². The van der Waals surface area contributed by atoms with E-state index in [9.17, 15) is 4.21 Å². The molecule has 3 unspecified atom stereocenters. The standard InChI is InChI=1S/C16H25NOS/c1-13-8-7-9-14(12-13)19(18)16-11-6-4-3-5-10-15(16)17-2/h7-9,12,15-17H,3-6,10-11H2,1-2H3. The minimum atomic E-state index is -0.891. The van der Waals surface area contributed by atoms with Gasteiger partial charge in [0.25, 0.3) is 0 Å². The summed E-state index contributed by atoms with van der Waals surface area (Å²) in [6, 6.07) is 8.55. The highest BCUT2D eigenvalue weighted by molar-refractivity contribution is 7.85. The van der Waals surface area contributed by atoms with Crippen molar-refractivity contribution < 1.29 is 4.21 Å². The first-order chi connectivity index (χ1) is 9.22. The van der Waals surface area contributed by atoms with E-state index in [1.807, 2.05) is 19.2 Å². The van der Waals surface area contributed by atoms with Crippen molar-refractivity contribution in [3.8, 4) is 0 Å². The lowest BCUT2D eigenvalue weighted by Crippen LogP contribution is -2.41. The molecule has 0 radical (unpaired) electrons. The fraction of sp³-hybridized carbons (Fsp3) is 0.625. The lowest BCUT2D eigenvalue weighted by molar-refractivity contribution is 0.414. The molecule has 1 fully saturated rings. The third-order valence-electron chi connectivity index (χ3n) is 4.07. The summed E-state index contributed by atoms with van der Waals surface area (Å²) in [6.07, 6.45) is 7.30. The molecule has 0 aromatic heterocycles. The van der Waals surface area contributed by atoms with Crippen molar-refractivity contribution in [1.82, 2.24) is 5.32 Å². The molecule has 1 aliphatic carbocycles. The Morgan fingerprint density at radius 1 is 1.16 bits per heavy atom. The number of benzene rings is 1. The fourth-order valence-electron chi connectivity index (χ4n) is 2.95. The first-order valence-electron chi connectivity index (χ1n) is 7.37. The Morgan fingerprint density at radius 3 is 2.58 bits per heavy atom. The summed E-state index contributed by atoms with van der Waals surface area (Å²) in [7, 11) is 1.12. The van der Waals surface area contributed by atoms with Crippen molar-refractivity contribution in [3.05, 3.63) is 29.8 Å². The van der Waals surface area contributed by atoms with Gasteiger partial charge in [0.05, 0.1) is 16.0 Å². The second-order valence-corrected chi connectivity index (χ2v) is 7.21. The second kappa shape index (κ2) is 7.20. The highest BCUT2D eigenvalue weighted by Gasteiger charge is 2.27. The van der Waals surface area contributed by atoms with E-state index in [-0.39, 0.29) is 5.25 Å². The minimum absolute atomic E-state index is 0.257. The smallest absolute Gasteiger partial charge is 0.0576 e. The molecule has 0 aliphatic heterocycles. The molecule has 1 N–H and O–H groups in total. The second-order valence-electron chi connectivity index (χ2n) is 5.54. The molecular weight excluding hydrogens is 254 g/mol. The van der Waals surface area contributed by atoms with Crippen LogP contribution in [0.3, 0.4) is 0 Å². The van der Waals surface area contributed by atoms with Gasteiger partial charge in [-0.05, 0) is 44.5 Å². The molecule has 1 aliphatic rings. The maximum Gasteiger partial charge on any atom is 0.0576 e. The van der Waals surface area contributed by atoms with E-state index in [1.54, 1.807) is 0 Å². The van der Waals surface area contributed by atoms with Gasteiger partial charge in [-0.1, -0.05) is 37.8 Å². The van der Waals surface area contributed by atoms with Gasteiger partial charge >= 0.3 is 0 Å². The Morgan fingerprint density at radius 2 is 1.89 bits per heavy atom. The number of hydrogen-bond acceptors (Lipinski definition) is 2. The summed E-state index contributed by atoms with van der Waals surface area (Å²) in [4.78, 5) is 0.992. The van der Waals surface area contributed by atoms with Gasteiger partial charge in [-0.2, -0.15) is 0 Å². The molecular formula is C16H25NOS. The van der Waals surface area contributed by atoms with Gasteiger partial charge in [0.15, 0.2) is 0 Å². The van der Waals surface area contributed by atoms with Crippen molar-refractivity contribution in [2.45, 2.75) is 61.6 Å². The Labute approximate surface area is 119 Å². The van der Waals surface area contributed by atoms with E-state index in [4.69, 9.17) is 0 Å². The fourth-order valence-corrected chi connectivity index (χ4v) is 4.77. The van der Waals surface area contributed by atoms with E-state index >= 15 is 0 Å². The van der Waals surface area contributed by atoms with Crippen molar-refractivity contribution in [1.29, 1.82) is 0 Å². The molecule has 1 aromatic carbocycles.